The number of nitrogens with one attached hydrogen (secondary N) is 2. The van der Waals surface area contributed by atoms with Crippen LogP contribution in [0, 0.1) is 5.41 Å². The first-order valence-electron chi connectivity index (χ1n) is 12.2. The van der Waals surface area contributed by atoms with Gasteiger partial charge in [-0.15, -0.1) is 0 Å². The van der Waals surface area contributed by atoms with Gasteiger partial charge in [0, 0.05) is 37.7 Å². The number of benzene rings is 1. The molecule has 4 N–H and O–H groups in total. The Labute approximate surface area is 218 Å². The summed E-state index contributed by atoms with van der Waals surface area (Å²) in [6.45, 7) is 8.65. The number of hydrogen-bond acceptors (Lipinski definition) is 7. The van der Waals surface area contributed by atoms with E-state index in [1.54, 1.807) is 44.9 Å². The van der Waals surface area contributed by atoms with E-state index < -0.39 is 11.7 Å². The highest BCUT2D eigenvalue weighted by Crippen LogP contribution is 2.16. The van der Waals surface area contributed by atoms with E-state index in [2.05, 4.69) is 16.0 Å². The summed E-state index contributed by atoms with van der Waals surface area (Å²) in [6, 6.07) is 9.78. The highest BCUT2D eigenvalue weighted by Gasteiger charge is 2.30. The lowest BCUT2D eigenvalue weighted by molar-refractivity contribution is -0.136. The van der Waals surface area contributed by atoms with Crippen LogP contribution in [0.25, 0.3) is 0 Å². The Morgan fingerprint density at radius 2 is 1.73 bits per heavy atom. The molecule has 10 heteroatoms. The van der Waals surface area contributed by atoms with E-state index in [9.17, 15) is 14.4 Å². The number of aromatic nitrogens is 1. The van der Waals surface area contributed by atoms with E-state index in [4.69, 9.17) is 10.1 Å². The summed E-state index contributed by atoms with van der Waals surface area (Å²) in [4.78, 5) is 44.4. The zero-order valence-electron chi connectivity index (χ0n) is 22.3. The zero-order valence-corrected chi connectivity index (χ0v) is 22.3. The van der Waals surface area contributed by atoms with E-state index in [1.807, 2.05) is 24.3 Å². The van der Waals surface area contributed by atoms with Crippen LogP contribution in [0.1, 0.15) is 54.7 Å². The summed E-state index contributed by atoms with van der Waals surface area (Å²) < 4.78 is 5.36. The molecular weight excluding hydrogens is 472 g/mol. The van der Waals surface area contributed by atoms with Crippen LogP contribution in [0.4, 0.5) is 4.79 Å². The molecule has 0 spiro atoms. The molecule has 1 aromatic heterocycles. The van der Waals surface area contributed by atoms with Crippen molar-refractivity contribution in [1.29, 1.82) is 5.41 Å². The van der Waals surface area contributed by atoms with Gasteiger partial charge in [0.2, 0.25) is 5.91 Å². The molecule has 0 unspecified atom stereocenters. The third-order valence-corrected chi connectivity index (χ3v) is 5.35. The van der Waals surface area contributed by atoms with Gasteiger partial charge >= 0.3 is 6.09 Å². The maximum absolute atomic E-state index is 12.6. The molecule has 0 bridgehead atoms. The first kappa shape index (κ1) is 29.4. The summed E-state index contributed by atoms with van der Waals surface area (Å²) in [5.74, 6) is -0.358. The fourth-order valence-electron chi connectivity index (χ4n) is 3.60. The van der Waals surface area contributed by atoms with Crippen LogP contribution >= 0.6 is 0 Å². The smallest absolute Gasteiger partial charge is 0.410 e. The molecule has 1 aliphatic heterocycles. The third kappa shape index (κ3) is 9.64. The molecule has 0 aliphatic carbocycles. The molecule has 10 nitrogen and oxygen atoms in total. The lowest BCUT2D eigenvalue weighted by atomic mass is 10.0. The van der Waals surface area contributed by atoms with Gasteiger partial charge in [-0.1, -0.05) is 24.3 Å². The topological polar surface area (TPSA) is 142 Å². The number of pyridine rings is 1. The standard InChI is InChI=1S/C26H33N5O4.CH5N/c1-18(27)13-29-24(33)22-12-21(14-28-15-22)11-19-5-7-20(8-6-19)16-30-9-10-31(17-23(30)32)25(34)35-26(2,3)4;1-2/h5-8,12,14-15,27H,9-11,13,16-17H2,1-4H3,(H,29,33);2H2,1H3. The predicted molar refractivity (Wildman–Crippen MR) is 143 cm³/mol. The van der Waals surface area contributed by atoms with Crippen molar-refractivity contribution in [1.82, 2.24) is 20.1 Å². The molecule has 3 rings (SSSR count). The molecule has 1 saturated heterocycles. The summed E-state index contributed by atoms with van der Waals surface area (Å²) in [5.41, 5.74) is 7.72. The van der Waals surface area contributed by atoms with Gasteiger partial charge in [0.25, 0.3) is 5.91 Å². The number of ether oxygens (including phenoxy) is 1. The molecule has 3 amide bonds. The maximum Gasteiger partial charge on any atom is 0.410 e. The largest absolute Gasteiger partial charge is 0.444 e. The molecule has 200 valence electrons. The maximum atomic E-state index is 12.6. The monoisotopic (exact) mass is 510 g/mol. The van der Waals surface area contributed by atoms with E-state index in [1.165, 1.54) is 18.1 Å². The van der Waals surface area contributed by atoms with Crippen LogP contribution in [0.3, 0.4) is 0 Å². The molecule has 2 heterocycles. The van der Waals surface area contributed by atoms with E-state index in [0.717, 1.165) is 16.7 Å². The number of nitrogens with two attached hydrogens (primary N) is 1. The Hall–Kier alpha value is -3.79. The summed E-state index contributed by atoms with van der Waals surface area (Å²) >= 11 is 0. The normalized spacial score (nSPS) is 13.4. The van der Waals surface area contributed by atoms with Gasteiger partial charge in [-0.05, 0) is 63.9 Å². The van der Waals surface area contributed by atoms with Crippen molar-refractivity contribution >= 4 is 23.6 Å². The minimum absolute atomic E-state index is 0.0172. The van der Waals surface area contributed by atoms with Gasteiger partial charge in [0.15, 0.2) is 0 Å². The minimum atomic E-state index is -0.594. The molecule has 0 radical (unpaired) electrons. The van der Waals surface area contributed by atoms with Gasteiger partial charge in [-0.2, -0.15) is 0 Å². The number of carbonyl (C=O) groups is 3. The first-order chi connectivity index (χ1) is 17.5. The van der Waals surface area contributed by atoms with Crippen molar-refractivity contribution in [2.75, 3.05) is 33.2 Å². The Kier molecular flexibility index (Phi) is 10.7. The van der Waals surface area contributed by atoms with Gasteiger partial charge in [-0.25, -0.2) is 4.79 Å². The van der Waals surface area contributed by atoms with Crippen molar-refractivity contribution < 1.29 is 19.1 Å². The Morgan fingerprint density at radius 3 is 2.32 bits per heavy atom. The number of carbonyl (C=O) groups excluding carboxylic acids is 3. The van der Waals surface area contributed by atoms with Gasteiger partial charge < -0.3 is 26.1 Å². The third-order valence-electron chi connectivity index (χ3n) is 5.35. The first-order valence-corrected chi connectivity index (χ1v) is 12.2. The molecule has 0 atom stereocenters. The zero-order chi connectivity index (χ0) is 27.6. The van der Waals surface area contributed by atoms with Gasteiger partial charge in [0.05, 0.1) is 12.1 Å². The van der Waals surface area contributed by atoms with Gasteiger partial charge in [-0.3, -0.25) is 19.5 Å². The summed E-state index contributed by atoms with van der Waals surface area (Å²) in [5, 5.41) is 10.1. The van der Waals surface area contributed by atoms with Crippen molar-refractivity contribution in [2.24, 2.45) is 5.73 Å². The number of piperazine rings is 1. The van der Waals surface area contributed by atoms with E-state index in [0.29, 0.717) is 37.3 Å². The van der Waals surface area contributed by atoms with Crippen LogP contribution in [0.5, 0.6) is 0 Å². The Bertz CT molecular complexity index is 1090. The highest BCUT2D eigenvalue weighted by molar-refractivity contribution is 5.96. The SMILES string of the molecule is CC(=N)CNC(=O)c1cncc(Cc2ccc(CN3CCN(C(=O)OC(C)(C)C)CC3=O)cc2)c1.CN. The van der Waals surface area contributed by atoms with Crippen molar-refractivity contribution in [3.05, 3.63) is 65.0 Å². The minimum Gasteiger partial charge on any atom is -0.444 e. The van der Waals surface area contributed by atoms with Crippen LogP contribution in [-0.2, 0) is 22.5 Å². The average molecular weight is 511 g/mol. The number of hydrogen-bond donors (Lipinski definition) is 3. The second-order valence-corrected chi connectivity index (χ2v) is 9.76. The van der Waals surface area contributed by atoms with Crippen LogP contribution < -0.4 is 11.1 Å². The average Bonchev–Trinajstić information content (AvgIpc) is 2.85. The van der Waals surface area contributed by atoms with Crippen molar-refractivity contribution in [3.8, 4) is 0 Å². The molecular formula is C27H38N6O4. The molecule has 1 fully saturated rings. The molecule has 1 aliphatic rings. The van der Waals surface area contributed by atoms with Crippen LogP contribution in [0.15, 0.2) is 42.7 Å². The van der Waals surface area contributed by atoms with Crippen LogP contribution in [-0.4, -0.2) is 77.2 Å². The molecule has 2 aromatic rings. The van der Waals surface area contributed by atoms with E-state index >= 15 is 0 Å². The second kappa shape index (κ2) is 13.5. The fraction of sp³-hybridized carbons (Fsp3) is 0.444. The lowest BCUT2D eigenvalue weighted by Gasteiger charge is -2.35. The predicted octanol–water partition coefficient (Wildman–Crippen LogP) is 2.60. The Morgan fingerprint density at radius 1 is 1.08 bits per heavy atom. The number of amides is 3. The van der Waals surface area contributed by atoms with Crippen LogP contribution in [0.2, 0.25) is 0 Å². The van der Waals surface area contributed by atoms with E-state index in [-0.39, 0.29) is 24.9 Å². The second-order valence-electron chi connectivity index (χ2n) is 9.76. The highest BCUT2D eigenvalue weighted by atomic mass is 16.6. The molecule has 37 heavy (non-hydrogen) atoms. The van der Waals surface area contributed by atoms with Crippen molar-refractivity contribution in [3.63, 3.8) is 0 Å². The molecule has 1 aromatic carbocycles. The lowest BCUT2D eigenvalue weighted by Crippen LogP contribution is -2.52. The summed E-state index contributed by atoms with van der Waals surface area (Å²) in [7, 11) is 1.50. The summed E-state index contributed by atoms with van der Waals surface area (Å²) in [6.07, 6.45) is 3.40. The van der Waals surface area contributed by atoms with Crippen molar-refractivity contribution in [2.45, 2.75) is 46.3 Å². The number of nitrogens with zero attached hydrogens (tertiary/aromatic N) is 3. The number of rotatable bonds is 7. The van der Waals surface area contributed by atoms with Gasteiger partial charge in [0.1, 0.15) is 12.1 Å². The quantitative estimate of drug-likeness (QED) is 0.489. The fourth-order valence-corrected chi connectivity index (χ4v) is 3.60. The Balaban J connectivity index is 0.00000235. The molecule has 0 saturated carbocycles.